The number of hydrogen-bond donors (Lipinski definition) is 0. The van der Waals surface area contributed by atoms with E-state index >= 15 is 0 Å². The van der Waals surface area contributed by atoms with Crippen molar-refractivity contribution in [2.45, 2.75) is 31.4 Å². The van der Waals surface area contributed by atoms with Crippen LogP contribution in [0.4, 0.5) is 0 Å². The maximum atomic E-state index is 12.1. The largest absolute Gasteiger partial charge is 0.372 e. The van der Waals surface area contributed by atoms with Gasteiger partial charge < -0.3 is 4.74 Å². The SMILES string of the molecule is CS(=O)(=O)N(CCN1CCOC2(CCC2)C1)Cc1ccccc1. The zero-order valence-electron chi connectivity index (χ0n) is 13.8. The average molecular weight is 338 g/mol. The molecule has 0 N–H and O–H groups in total. The molecular formula is C17H26N2O3S. The second kappa shape index (κ2) is 6.89. The van der Waals surface area contributed by atoms with Crippen LogP contribution >= 0.6 is 0 Å². The van der Waals surface area contributed by atoms with Crippen molar-refractivity contribution >= 4 is 10.0 Å². The van der Waals surface area contributed by atoms with Crippen LogP contribution in [0.5, 0.6) is 0 Å². The van der Waals surface area contributed by atoms with Crippen LogP contribution < -0.4 is 0 Å². The Labute approximate surface area is 139 Å². The lowest BCUT2D eigenvalue weighted by Gasteiger charge is -2.48. The fraction of sp³-hybridized carbons (Fsp3) is 0.647. The fourth-order valence-electron chi connectivity index (χ4n) is 3.39. The zero-order valence-corrected chi connectivity index (χ0v) is 14.6. The highest BCUT2D eigenvalue weighted by Gasteiger charge is 2.41. The first-order valence-corrected chi connectivity index (χ1v) is 10.2. The van der Waals surface area contributed by atoms with Gasteiger partial charge in [-0.05, 0) is 24.8 Å². The molecule has 128 valence electrons. The lowest BCUT2D eigenvalue weighted by molar-refractivity contribution is -0.151. The number of sulfonamides is 1. The van der Waals surface area contributed by atoms with Crippen LogP contribution in [0.15, 0.2) is 30.3 Å². The van der Waals surface area contributed by atoms with E-state index < -0.39 is 10.0 Å². The standard InChI is InChI=1S/C17H26N2O3S/c1-23(20,21)19(14-16-6-3-2-4-7-16)11-10-18-12-13-22-17(15-18)8-5-9-17/h2-4,6-7H,5,8-15H2,1H3. The monoisotopic (exact) mass is 338 g/mol. The second-order valence-corrected chi connectivity index (χ2v) is 8.73. The number of nitrogens with zero attached hydrogens (tertiary/aromatic N) is 2. The Morgan fingerprint density at radius 3 is 2.61 bits per heavy atom. The van der Waals surface area contributed by atoms with Crippen LogP contribution in [0.3, 0.4) is 0 Å². The summed E-state index contributed by atoms with van der Waals surface area (Å²) < 4.78 is 31.7. The molecule has 1 aromatic rings. The minimum atomic E-state index is -3.21. The van der Waals surface area contributed by atoms with Crippen molar-refractivity contribution in [3.05, 3.63) is 35.9 Å². The van der Waals surface area contributed by atoms with Crippen molar-refractivity contribution < 1.29 is 13.2 Å². The third-order valence-electron chi connectivity index (χ3n) is 4.93. The average Bonchev–Trinajstić information content (AvgIpc) is 2.50. The molecule has 3 rings (SSSR count). The molecule has 1 saturated heterocycles. The van der Waals surface area contributed by atoms with Crippen LogP contribution in [0.1, 0.15) is 24.8 Å². The number of benzene rings is 1. The molecule has 1 aliphatic carbocycles. The van der Waals surface area contributed by atoms with E-state index in [-0.39, 0.29) is 5.60 Å². The summed E-state index contributed by atoms with van der Waals surface area (Å²) in [6, 6.07) is 9.77. The summed E-state index contributed by atoms with van der Waals surface area (Å²) in [6.45, 7) is 4.34. The van der Waals surface area contributed by atoms with Gasteiger partial charge in [0.05, 0.1) is 18.5 Å². The Kier molecular flexibility index (Phi) is 5.06. The molecule has 1 aromatic carbocycles. The molecule has 1 aliphatic heterocycles. The lowest BCUT2D eigenvalue weighted by atomic mass is 9.79. The van der Waals surface area contributed by atoms with Gasteiger partial charge in [-0.1, -0.05) is 30.3 Å². The molecule has 6 heteroatoms. The van der Waals surface area contributed by atoms with Crippen molar-refractivity contribution in [2.75, 3.05) is 39.0 Å². The zero-order chi connectivity index (χ0) is 16.3. The van der Waals surface area contributed by atoms with Crippen LogP contribution in [-0.4, -0.2) is 62.3 Å². The van der Waals surface area contributed by atoms with Crippen molar-refractivity contribution in [1.82, 2.24) is 9.21 Å². The topological polar surface area (TPSA) is 49.9 Å². The van der Waals surface area contributed by atoms with E-state index in [2.05, 4.69) is 4.90 Å². The van der Waals surface area contributed by atoms with E-state index in [0.29, 0.717) is 13.1 Å². The van der Waals surface area contributed by atoms with E-state index in [1.165, 1.54) is 12.7 Å². The number of morpholine rings is 1. The predicted octanol–water partition coefficient (Wildman–Crippen LogP) is 1.70. The molecule has 1 spiro atoms. The van der Waals surface area contributed by atoms with E-state index in [1.54, 1.807) is 4.31 Å². The summed E-state index contributed by atoms with van der Waals surface area (Å²) in [4.78, 5) is 2.35. The molecule has 2 aliphatic rings. The highest BCUT2D eigenvalue weighted by atomic mass is 32.2. The highest BCUT2D eigenvalue weighted by Crippen LogP contribution is 2.37. The van der Waals surface area contributed by atoms with Crippen molar-refractivity contribution in [3.8, 4) is 0 Å². The van der Waals surface area contributed by atoms with Gasteiger partial charge in [0.15, 0.2) is 0 Å². The van der Waals surface area contributed by atoms with E-state index in [1.807, 2.05) is 30.3 Å². The van der Waals surface area contributed by atoms with Gasteiger partial charge in [-0.2, -0.15) is 4.31 Å². The smallest absolute Gasteiger partial charge is 0.211 e. The molecule has 2 fully saturated rings. The third kappa shape index (κ3) is 4.32. The summed E-state index contributed by atoms with van der Waals surface area (Å²) in [7, 11) is -3.21. The van der Waals surface area contributed by atoms with Gasteiger partial charge >= 0.3 is 0 Å². The highest BCUT2D eigenvalue weighted by molar-refractivity contribution is 7.88. The molecule has 0 unspecified atom stereocenters. The normalized spacial score (nSPS) is 21.5. The summed E-state index contributed by atoms with van der Waals surface area (Å²) in [5.74, 6) is 0. The number of ether oxygens (including phenoxy) is 1. The Morgan fingerprint density at radius 1 is 1.26 bits per heavy atom. The third-order valence-corrected chi connectivity index (χ3v) is 6.18. The Morgan fingerprint density at radius 2 is 2.00 bits per heavy atom. The molecule has 1 saturated carbocycles. The fourth-order valence-corrected chi connectivity index (χ4v) is 4.19. The molecule has 0 atom stereocenters. The molecule has 0 aromatic heterocycles. The first kappa shape index (κ1) is 16.9. The molecule has 0 bridgehead atoms. The quantitative estimate of drug-likeness (QED) is 0.792. The predicted molar refractivity (Wildman–Crippen MR) is 90.7 cm³/mol. The van der Waals surface area contributed by atoms with Gasteiger partial charge in [-0.15, -0.1) is 0 Å². The number of rotatable bonds is 6. The first-order valence-electron chi connectivity index (χ1n) is 8.32. The van der Waals surface area contributed by atoms with E-state index in [4.69, 9.17) is 4.74 Å². The number of hydrogen-bond acceptors (Lipinski definition) is 4. The van der Waals surface area contributed by atoms with Crippen molar-refractivity contribution in [3.63, 3.8) is 0 Å². The van der Waals surface area contributed by atoms with Crippen LogP contribution in [0.2, 0.25) is 0 Å². The molecule has 5 nitrogen and oxygen atoms in total. The Hall–Kier alpha value is -0.950. The van der Waals surface area contributed by atoms with Crippen molar-refractivity contribution in [2.24, 2.45) is 0 Å². The summed E-state index contributed by atoms with van der Waals surface area (Å²) in [5, 5.41) is 0. The molecule has 1 heterocycles. The van der Waals surface area contributed by atoms with Crippen LogP contribution in [-0.2, 0) is 21.3 Å². The van der Waals surface area contributed by atoms with Gasteiger partial charge in [0, 0.05) is 32.7 Å². The molecule has 23 heavy (non-hydrogen) atoms. The van der Waals surface area contributed by atoms with Crippen LogP contribution in [0, 0.1) is 0 Å². The Balaban J connectivity index is 1.58. The second-order valence-electron chi connectivity index (χ2n) is 6.74. The molecule has 0 radical (unpaired) electrons. The van der Waals surface area contributed by atoms with Gasteiger partial charge in [0.2, 0.25) is 10.0 Å². The maximum absolute atomic E-state index is 12.1. The van der Waals surface area contributed by atoms with Crippen LogP contribution in [0.25, 0.3) is 0 Å². The molecular weight excluding hydrogens is 312 g/mol. The summed E-state index contributed by atoms with van der Waals surface area (Å²) >= 11 is 0. The van der Waals surface area contributed by atoms with E-state index in [9.17, 15) is 8.42 Å². The van der Waals surface area contributed by atoms with Gasteiger partial charge in [0.1, 0.15) is 0 Å². The maximum Gasteiger partial charge on any atom is 0.211 e. The molecule has 0 amide bonds. The van der Waals surface area contributed by atoms with Gasteiger partial charge in [-0.3, -0.25) is 4.90 Å². The summed E-state index contributed by atoms with van der Waals surface area (Å²) in [5.41, 5.74) is 1.09. The lowest BCUT2D eigenvalue weighted by Crippen LogP contribution is -2.56. The van der Waals surface area contributed by atoms with E-state index in [0.717, 1.165) is 44.6 Å². The Bertz CT molecular complexity index is 614. The summed E-state index contributed by atoms with van der Waals surface area (Å²) in [6.07, 6.45) is 4.83. The minimum Gasteiger partial charge on any atom is -0.372 e. The van der Waals surface area contributed by atoms with Crippen molar-refractivity contribution in [1.29, 1.82) is 0 Å². The van der Waals surface area contributed by atoms with Gasteiger partial charge in [-0.25, -0.2) is 8.42 Å². The van der Waals surface area contributed by atoms with Gasteiger partial charge in [0.25, 0.3) is 0 Å². The first-order chi connectivity index (χ1) is 11.0. The minimum absolute atomic E-state index is 0.0631.